The number of halogens is 2. The van der Waals surface area contributed by atoms with Crippen LogP contribution in [0.15, 0.2) is 29.4 Å². The van der Waals surface area contributed by atoms with Gasteiger partial charge in [0.2, 0.25) is 0 Å². The number of rotatable bonds is 4. The summed E-state index contributed by atoms with van der Waals surface area (Å²) in [6, 6.07) is 4.71. The highest BCUT2D eigenvalue weighted by Crippen LogP contribution is 2.32. The molecule has 1 aliphatic carbocycles. The van der Waals surface area contributed by atoms with Crippen LogP contribution >= 0.6 is 23.1 Å². The number of carbonyl (C=O) groups is 2. The third-order valence-corrected chi connectivity index (χ3v) is 6.02. The normalized spacial score (nSPS) is 16.2. The molecule has 2 aromatic rings. The number of carbonyl (C=O) groups excluding carboxylic acids is 2. The van der Waals surface area contributed by atoms with Crippen LogP contribution in [0.1, 0.15) is 43.8 Å². The van der Waals surface area contributed by atoms with Crippen molar-refractivity contribution < 1.29 is 18.4 Å². The summed E-state index contributed by atoms with van der Waals surface area (Å²) in [7, 11) is 0. The lowest BCUT2D eigenvalue weighted by Gasteiger charge is -2.16. The van der Waals surface area contributed by atoms with Crippen molar-refractivity contribution in [3.8, 4) is 0 Å². The minimum atomic E-state index is -2.69. The number of pyridine rings is 1. The summed E-state index contributed by atoms with van der Waals surface area (Å²) in [6.07, 6.45) is 4.36. The number of thiophene rings is 1. The number of nitrogens with zero attached hydrogens (tertiary/aromatic N) is 1. The number of amides is 2. The monoisotopic (exact) mass is 397 g/mol. The van der Waals surface area contributed by atoms with Crippen molar-refractivity contribution in [2.75, 3.05) is 0 Å². The fraction of sp³-hybridized carbons (Fsp3) is 0.353. The first-order chi connectivity index (χ1) is 12.4. The average molecular weight is 397 g/mol. The van der Waals surface area contributed by atoms with E-state index in [1.165, 1.54) is 40.1 Å². The lowest BCUT2D eigenvalue weighted by Crippen LogP contribution is -2.41. The maximum Gasteiger partial charge on any atom is 0.290 e. The van der Waals surface area contributed by atoms with Crippen LogP contribution in [0.3, 0.4) is 0 Å². The van der Waals surface area contributed by atoms with Crippen LogP contribution in [-0.2, 0) is 12.8 Å². The highest BCUT2D eigenvalue weighted by Gasteiger charge is 2.21. The molecule has 0 radical (unpaired) electrons. The smallest absolute Gasteiger partial charge is 0.267 e. The van der Waals surface area contributed by atoms with Gasteiger partial charge in [0.25, 0.3) is 17.6 Å². The Labute approximate surface area is 157 Å². The van der Waals surface area contributed by atoms with Gasteiger partial charge in [-0.05, 0) is 60.7 Å². The molecule has 0 aliphatic heterocycles. The van der Waals surface area contributed by atoms with E-state index >= 15 is 0 Å². The van der Waals surface area contributed by atoms with E-state index in [0.29, 0.717) is 10.8 Å². The minimum Gasteiger partial charge on any atom is -0.267 e. The fourth-order valence-corrected chi connectivity index (χ4v) is 4.48. The average Bonchev–Trinajstić information content (AvgIpc) is 3.02. The molecule has 2 heterocycles. The van der Waals surface area contributed by atoms with E-state index in [0.717, 1.165) is 19.3 Å². The topological polar surface area (TPSA) is 71.1 Å². The van der Waals surface area contributed by atoms with E-state index in [-0.39, 0.29) is 22.4 Å². The van der Waals surface area contributed by atoms with Gasteiger partial charge in [-0.1, -0.05) is 6.92 Å². The van der Waals surface area contributed by atoms with E-state index in [1.807, 2.05) is 6.07 Å². The van der Waals surface area contributed by atoms with Gasteiger partial charge < -0.3 is 0 Å². The van der Waals surface area contributed by atoms with Crippen LogP contribution in [-0.4, -0.2) is 22.6 Å². The Morgan fingerprint density at radius 2 is 2.12 bits per heavy atom. The second-order valence-corrected chi connectivity index (χ2v) is 8.17. The van der Waals surface area contributed by atoms with E-state index < -0.39 is 17.6 Å². The molecule has 5 nitrogen and oxygen atoms in total. The maximum absolute atomic E-state index is 12.6. The zero-order valence-corrected chi connectivity index (χ0v) is 15.6. The molecule has 3 rings (SSSR count). The Balaban J connectivity index is 1.64. The van der Waals surface area contributed by atoms with Gasteiger partial charge in [-0.15, -0.1) is 11.3 Å². The first kappa shape index (κ1) is 18.8. The Bertz CT molecular complexity index is 826. The molecule has 138 valence electrons. The molecule has 0 saturated carbocycles. The molecule has 2 aromatic heterocycles. The number of aryl methyl sites for hydroxylation is 1. The molecule has 1 atom stereocenters. The van der Waals surface area contributed by atoms with Crippen molar-refractivity contribution in [3.05, 3.63) is 45.3 Å². The zero-order chi connectivity index (χ0) is 18.7. The predicted molar refractivity (Wildman–Crippen MR) is 96.5 cm³/mol. The number of fused-ring (bicyclic) bond motifs is 1. The van der Waals surface area contributed by atoms with Crippen LogP contribution in [0.25, 0.3) is 0 Å². The molecule has 1 aliphatic rings. The van der Waals surface area contributed by atoms with Crippen molar-refractivity contribution in [2.24, 2.45) is 5.92 Å². The van der Waals surface area contributed by atoms with E-state index in [2.05, 4.69) is 22.8 Å². The highest BCUT2D eigenvalue weighted by molar-refractivity contribution is 7.99. The van der Waals surface area contributed by atoms with Gasteiger partial charge >= 0.3 is 0 Å². The molecule has 26 heavy (non-hydrogen) atoms. The van der Waals surface area contributed by atoms with Gasteiger partial charge in [-0.3, -0.25) is 20.4 Å². The number of hydrogen-bond donors (Lipinski definition) is 2. The summed E-state index contributed by atoms with van der Waals surface area (Å²) in [5.74, 6) is -3.20. The summed E-state index contributed by atoms with van der Waals surface area (Å²) in [6.45, 7) is 2.18. The second kappa shape index (κ2) is 8.13. The molecule has 2 N–H and O–H groups in total. The standard InChI is InChI=1S/C17H17F2N3O2S2/c1-9-4-5-12-10(7-9)8-13(25-12)15(24)22-21-14(23)11-3-2-6-20-16(11)26-17(18)19/h2-3,6,8-9,17H,4-5,7H2,1H3,(H,21,23)(H,22,24)/t9-/m0/s1. The zero-order valence-electron chi connectivity index (χ0n) is 13.9. The molecule has 0 spiro atoms. The maximum atomic E-state index is 12.6. The molecule has 0 fully saturated rings. The van der Waals surface area contributed by atoms with Gasteiger partial charge in [0.1, 0.15) is 5.03 Å². The lowest BCUT2D eigenvalue weighted by molar-refractivity contribution is 0.0846. The highest BCUT2D eigenvalue weighted by atomic mass is 32.2. The SMILES string of the molecule is C[C@H]1CCc2sc(C(=O)NNC(=O)c3cccnc3SC(F)F)cc2C1. The van der Waals surface area contributed by atoms with Crippen LogP contribution in [0.4, 0.5) is 8.78 Å². The summed E-state index contributed by atoms with van der Waals surface area (Å²) in [4.78, 5) is 30.0. The first-order valence-corrected chi connectivity index (χ1v) is 9.75. The lowest BCUT2D eigenvalue weighted by atomic mass is 9.90. The molecular weight excluding hydrogens is 380 g/mol. The Kier molecular flexibility index (Phi) is 5.87. The van der Waals surface area contributed by atoms with Crippen LogP contribution in [0.2, 0.25) is 0 Å². The van der Waals surface area contributed by atoms with E-state index in [1.54, 1.807) is 0 Å². The fourth-order valence-electron chi connectivity index (χ4n) is 2.80. The van der Waals surface area contributed by atoms with Gasteiger partial charge in [0, 0.05) is 11.1 Å². The number of alkyl halides is 2. The predicted octanol–water partition coefficient (Wildman–Crippen LogP) is 3.66. The van der Waals surface area contributed by atoms with E-state index in [4.69, 9.17) is 0 Å². The molecule has 2 amide bonds. The van der Waals surface area contributed by atoms with Crippen molar-refractivity contribution in [3.63, 3.8) is 0 Å². The molecular formula is C17H17F2N3O2S2. The Morgan fingerprint density at radius 1 is 1.35 bits per heavy atom. The molecule has 0 aromatic carbocycles. The van der Waals surface area contributed by atoms with Crippen molar-refractivity contribution in [2.45, 2.75) is 37.0 Å². The molecule has 0 bridgehead atoms. The van der Waals surface area contributed by atoms with Crippen molar-refractivity contribution >= 4 is 34.9 Å². The van der Waals surface area contributed by atoms with Gasteiger partial charge in [-0.2, -0.15) is 8.78 Å². The number of hydrazine groups is 1. The van der Waals surface area contributed by atoms with Crippen molar-refractivity contribution in [1.29, 1.82) is 0 Å². The molecule has 0 saturated heterocycles. The third-order valence-electron chi connectivity index (χ3n) is 4.06. The number of aromatic nitrogens is 1. The van der Waals surface area contributed by atoms with Gasteiger partial charge in [0.15, 0.2) is 0 Å². The van der Waals surface area contributed by atoms with Crippen LogP contribution in [0, 0.1) is 5.92 Å². The largest absolute Gasteiger partial charge is 0.290 e. The van der Waals surface area contributed by atoms with Crippen molar-refractivity contribution in [1.82, 2.24) is 15.8 Å². The van der Waals surface area contributed by atoms with E-state index in [9.17, 15) is 18.4 Å². The molecule has 0 unspecified atom stereocenters. The second-order valence-electron chi connectivity index (χ2n) is 6.05. The quantitative estimate of drug-likeness (QED) is 0.610. The van der Waals surface area contributed by atoms with Crippen LogP contribution in [0.5, 0.6) is 0 Å². The third kappa shape index (κ3) is 4.39. The summed E-state index contributed by atoms with van der Waals surface area (Å²) in [5, 5.41) is -0.0881. The van der Waals surface area contributed by atoms with Gasteiger partial charge in [-0.25, -0.2) is 4.98 Å². The summed E-state index contributed by atoms with van der Waals surface area (Å²) < 4.78 is 25.1. The molecule has 9 heteroatoms. The minimum absolute atomic E-state index is 0.0163. The Morgan fingerprint density at radius 3 is 2.88 bits per heavy atom. The first-order valence-electron chi connectivity index (χ1n) is 8.06. The summed E-state index contributed by atoms with van der Waals surface area (Å²) >= 11 is 1.61. The van der Waals surface area contributed by atoms with Crippen LogP contribution < -0.4 is 10.9 Å². The number of nitrogens with one attached hydrogen (secondary N) is 2. The van der Waals surface area contributed by atoms with Gasteiger partial charge in [0.05, 0.1) is 10.4 Å². The summed E-state index contributed by atoms with van der Waals surface area (Å²) in [5.41, 5.74) is 5.79. The number of hydrogen-bond acceptors (Lipinski definition) is 5. The Hall–Kier alpha value is -2.00. The number of thioether (sulfide) groups is 1.